The number of nitrogens with one attached hydrogen (secondary N) is 2. The Kier molecular flexibility index (Phi) is 5.63. The minimum Gasteiger partial charge on any atom is -0.482 e. The molecule has 22 heavy (non-hydrogen) atoms. The highest BCUT2D eigenvalue weighted by Gasteiger charge is 2.23. The first-order chi connectivity index (χ1) is 10.4. The van der Waals surface area contributed by atoms with E-state index in [1.54, 1.807) is 0 Å². The van der Waals surface area contributed by atoms with Crippen molar-refractivity contribution in [3.8, 4) is 5.75 Å². The van der Waals surface area contributed by atoms with Crippen LogP contribution >= 0.6 is 11.6 Å². The summed E-state index contributed by atoms with van der Waals surface area (Å²) < 4.78 is 32.5. The summed E-state index contributed by atoms with van der Waals surface area (Å²) in [6.45, 7) is 0.759. The molecule has 0 saturated carbocycles. The van der Waals surface area contributed by atoms with Gasteiger partial charge in [0.25, 0.3) is 5.91 Å². The van der Waals surface area contributed by atoms with E-state index in [1.165, 1.54) is 18.2 Å². The SMILES string of the molecule is NC(=O)COc1ccc(Cl)cc1S(=O)(=O)NCC1CCCN1. The third kappa shape index (κ3) is 4.57. The molecular weight excluding hydrogens is 330 g/mol. The molecule has 2 rings (SSSR count). The number of ether oxygens (including phenoxy) is 1. The second-order valence-electron chi connectivity index (χ2n) is 4.99. The number of halogens is 1. The molecule has 1 heterocycles. The Hall–Kier alpha value is -1.35. The van der Waals surface area contributed by atoms with Crippen LogP contribution in [0, 0.1) is 0 Å². The highest BCUT2D eigenvalue weighted by atomic mass is 35.5. The van der Waals surface area contributed by atoms with Gasteiger partial charge in [0.15, 0.2) is 6.61 Å². The van der Waals surface area contributed by atoms with Gasteiger partial charge in [-0.05, 0) is 37.6 Å². The zero-order valence-electron chi connectivity index (χ0n) is 11.8. The minimum atomic E-state index is -3.80. The average molecular weight is 348 g/mol. The van der Waals surface area contributed by atoms with Crippen LogP contribution in [0.1, 0.15) is 12.8 Å². The highest BCUT2D eigenvalue weighted by molar-refractivity contribution is 7.89. The molecule has 0 aliphatic carbocycles. The monoisotopic (exact) mass is 347 g/mol. The maximum Gasteiger partial charge on any atom is 0.255 e. The molecule has 1 aliphatic heterocycles. The Bertz CT molecular complexity index is 645. The zero-order chi connectivity index (χ0) is 16.2. The zero-order valence-corrected chi connectivity index (χ0v) is 13.4. The van der Waals surface area contributed by atoms with Gasteiger partial charge in [0, 0.05) is 17.6 Å². The van der Waals surface area contributed by atoms with Crippen LogP contribution in [0.4, 0.5) is 0 Å². The molecule has 122 valence electrons. The van der Waals surface area contributed by atoms with Crippen LogP contribution in [0.5, 0.6) is 5.75 Å². The van der Waals surface area contributed by atoms with Crippen LogP contribution in [0.25, 0.3) is 0 Å². The van der Waals surface area contributed by atoms with Gasteiger partial charge in [-0.2, -0.15) is 0 Å². The smallest absolute Gasteiger partial charge is 0.255 e. The number of carbonyl (C=O) groups is 1. The lowest BCUT2D eigenvalue weighted by Gasteiger charge is -2.15. The van der Waals surface area contributed by atoms with E-state index in [1.807, 2.05) is 0 Å². The normalized spacial score (nSPS) is 18.3. The van der Waals surface area contributed by atoms with Crippen molar-refractivity contribution in [2.75, 3.05) is 19.7 Å². The number of sulfonamides is 1. The maximum atomic E-state index is 12.4. The molecule has 0 radical (unpaired) electrons. The van der Waals surface area contributed by atoms with Crippen LogP contribution in [0.3, 0.4) is 0 Å². The molecule has 1 aliphatic rings. The maximum absolute atomic E-state index is 12.4. The summed E-state index contributed by atoms with van der Waals surface area (Å²) in [5.74, 6) is -0.656. The summed E-state index contributed by atoms with van der Waals surface area (Å²) in [5.41, 5.74) is 5.01. The van der Waals surface area contributed by atoms with E-state index in [4.69, 9.17) is 22.1 Å². The molecule has 9 heteroatoms. The van der Waals surface area contributed by atoms with Gasteiger partial charge in [0.1, 0.15) is 10.6 Å². The van der Waals surface area contributed by atoms with Crippen molar-refractivity contribution in [2.45, 2.75) is 23.8 Å². The second kappa shape index (κ2) is 7.28. The van der Waals surface area contributed by atoms with E-state index in [0.717, 1.165) is 19.4 Å². The molecule has 1 fully saturated rings. The van der Waals surface area contributed by atoms with Crippen LogP contribution in [0.2, 0.25) is 5.02 Å². The predicted molar refractivity (Wildman–Crippen MR) is 82.4 cm³/mol. The summed E-state index contributed by atoms with van der Waals surface area (Å²) in [4.78, 5) is 10.7. The quantitative estimate of drug-likeness (QED) is 0.654. The van der Waals surface area contributed by atoms with E-state index >= 15 is 0 Å². The molecular formula is C13H18ClN3O4S. The molecule has 0 bridgehead atoms. The van der Waals surface area contributed by atoms with Gasteiger partial charge in [-0.3, -0.25) is 4.79 Å². The lowest BCUT2D eigenvalue weighted by molar-refractivity contribution is -0.120. The van der Waals surface area contributed by atoms with Crippen molar-refractivity contribution in [1.82, 2.24) is 10.0 Å². The molecule has 0 aromatic heterocycles. The van der Waals surface area contributed by atoms with Gasteiger partial charge in [0.05, 0.1) is 0 Å². The van der Waals surface area contributed by atoms with Gasteiger partial charge >= 0.3 is 0 Å². The molecule has 1 aromatic rings. The summed E-state index contributed by atoms with van der Waals surface area (Å²) in [5, 5.41) is 3.46. The Balaban J connectivity index is 2.16. The summed E-state index contributed by atoms with van der Waals surface area (Å²) >= 11 is 5.86. The fourth-order valence-electron chi connectivity index (χ4n) is 2.18. The fourth-order valence-corrected chi connectivity index (χ4v) is 3.67. The van der Waals surface area contributed by atoms with Gasteiger partial charge in [-0.25, -0.2) is 13.1 Å². The van der Waals surface area contributed by atoms with Crippen molar-refractivity contribution < 1.29 is 17.9 Å². The topological polar surface area (TPSA) is 111 Å². The largest absolute Gasteiger partial charge is 0.482 e. The van der Waals surface area contributed by atoms with Crippen LogP contribution in [-0.4, -0.2) is 40.1 Å². The molecule has 1 unspecified atom stereocenters. The number of amides is 1. The summed E-state index contributed by atoms with van der Waals surface area (Å²) in [7, 11) is -3.80. The molecule has 0 spiro atoms. The Morgan fingerprint density at radius 2 is 2.27 bits per heavy atom. The number of benzene rings is 1. The van der Waals surface area contributed by atoms with Crippen molar-refractivity contribution in [2.24, 2.45) is 5.73 Å². The fraction of sp³-hybridized carbons (Fsp3) is 0.462. The first kappa shape index (κ1) is 17.0. The molecule has 4 N–H and O–H groups in total. The number of rotatable bonds is 7. The summed E-state index contributed by atoms with van der Waals surface area (Å²) in [6.07, 6.45) is 1.94. The highest BCUT2D eigenvalue weighted by Crippen LogP contribution is 2.27. The first-order valence-corrected chi connectivity index (χ1v) is 8.68. The number of nitrogens with two attached hydrogens (primary N) is 1. The minimum absolute atomic E-state index is 0.0371. The Morgan fingerprint density at radius 1 is 1.50 bits per heavy atom. The number of primary amides is 1. The van der Waals surface area contributed by atoms with E-state index in [0.29, 0.717) is 0 Å². The Morgan fingerprint density at radius 3 is 2.91 bits per heavy atom. The van der Waals surface area contributed by atoms with E-state index in [-0.39, 0.29) is 28.3 Å². The molecule has 1 aromatic carbocycles. The number of hydrogen-bond donors (Lipinski definition) is 3. The lowest BCUT2D eigenvalue weighted by atomic mass is 10.2. The first-order valence-electron chi connectivity index (χ1n) is 6.82. The lowest BCUT2D eigenvalue weighted by Crippen LogP contribution is -2.37. The van der Waals surface area contributed by atoms with Crippen molar-refractivity contribution in [1.29, 1.82) is 0 Å². The van der Waals surface area contributed by atoms with Gasteiger partial charge in [-0.15, -0.1) is 0 Å². The van der Waals surface area contributed by atoms with E-state index in [2.05, 4.69) is 10.0 Å². The summed E-state index contributed by atoms with van der Waals surface area (Å²) in [6, 6.07) is 4.27. The van der Waals surface area contributed by atoms with Crippen molar-refractivity contribution in [3.63, 3.8) is 0 Å². The number of carbonyl (C=O) groups excluding carboxylic acids is 1. The van der Waals surface area contributed by atoms with Gasteiger partial charge < -0.3 is 15.8 Å². The van der Waals surface area contributed by atoms with Crippen LogP contribution in [-0.2, 0) is 14.8 Å². The molecule has 1 saturated heterocycles. The standard InChI is InChI=1S/C13H18ClN3O4S/c14-9-3-4-11(21-8-13(15)18)12(6-9)22(19,20)17-7-10-2-1-5-16-10/h3-4,6,10,16-17H,1-2,5,7-8H2,(H2,15,18). The predicted octanol–water partition coefficient (Wildman–Crippen LogP) is 0.234. The molecule has 1 amide bonds. The third-order valence-electron chi connectivity index (χ3n) is 3.25. The van der Waals surface area contributed by atoms with E-state index in [9.17, 15) is 13.2 Å². The molecule has 7 nitrogen and oxygen atoms in total. The van der Waals surface area contributed by atoms with Crippen molar-refractivity contribution >= 4 is 27.5 Å². The van der Waals surface area contributed by atoms with Crippen molar-refractivity contribution in [3.05, 3.63) is 23.2 Å². The second-order valence-corrected chi connectivity index (χ2v) is 7.16. The molecule has 1 atom stereocenters. The Labute approximate surface area is 134 Å². The van der Waals surface area contributed by atoms with Gasteiger partial charge in [-0.1, -0.05) is 11.6 Å². The number of hydrogen-bond acceptors (Lipinski definition) is 5. The van der Waals surface area contributed by atoms with Gasteiger partial charge in [0.2, 0.25) is 10.0 Å². The average Bonchev–Trinajstić information content (AvgIpc) is 2.97. The van der Waals surface area contributed by atoms with Crippen LogP contribution < -0.4 is 20.5 Å². The third-order valence-corrected chi connectivity index (χ3v) is 4.93. The van der Waals surface area contributed by atoms with Crippen LogP contribution in [0.15, 0.2) is 23.1 Å². The van der Waals surface area contributed by atoms with E-state index < -0.39 is 22.5 Å².